The van der Waals surface area contributed by atoms with E-state index < -0.39 is 0 Å². The Morgan fingerprint density at radius 1 is 0.900 bits per heavy atom. The van der Waals surface area contributed by atoms with Crippen LogP contribution in [0.2, 0.25) is 0 Å². The Balaban J connectivity index is 1.67. The van der Waals surface area contributed by atoms with Crippen molar-refractivity contribution in [3.05, 3.63) is 59.7 Å². The van der Waals surface area contributed by atoms with Crippen molar-refractivity contribution in [1.82, 2.24) is 0 Å². The van der Waals surface area contributed by atoms with Crippen molar-refractivity contribution in [1.29, 1.82) is 0 Å². The Bertz CT molecular complexity index is 516. The molecule has 20 heavy (non-hydrogen) atoms. The summed E-state index contributed by atoms with van der Waals surface area (Å²) in [4.78, 5) is 0. The van der Waals surface area contributed by atoms with Crippen LogP contribution in [0, 0.1) is 17.8 Å². The number of rotatable bonds is 3. The molecule has 1 aromatic carbocycles. The number of allylic oxidation sites excluding steroid dienone is 4. The third-order valence-electron chi connectivity index (χ3n) is 5.47. The number of benzene rings is 1. The van der Waals surface area contributed by atoms with Crippen molar-refractivity contribution in [2.75, 3.05) is 0 Å². The second-order valence-electron chi connectivity index (χ2n) is 6.88. The molecule has 2 saturated carbocycles. The van der Waals surface area contributed by atoms with Crippen molar-refractivity contribution in [3.63, 3.8) is 0 Å². The third kappa shape index (κ3) is 2.37. The number of hydrogen-bond acceptors (Lipinski definition) is 0. The zero-order valence-electron chi connectivity index (χ0n) is 12.2. The highest BCUT2D eigenvalue weighted by atomic mass is 14.4. The molecular formula is C20H24. The lowest BCUT2D eigenvalue weighted by Crippen LogP contribution is -2.18. The minimum atomic E-state index is 0.648. The first-order valence-corrected chi connectivity index (χ1v) is 8.37. The van der Waals surface area contributed by atoms with E-state index >= 15 is 0 Å². The Labute approximate surface area is 122 Å². The first-order chi connectivity index (χ1) is 9.92. The normalized spacial score (nSPS) is 30.5. The van der Waals surface area contributed by atoms with Gasteiger partial charge in [-0.3, -0.25) is 0 Å². The Morgan fingerprint density at radius 3 is 2.45 bits per heavy atom. The summed E-state index contributed by atoms with van der Waals surface area (Å²) in [5, 5.41) is 0. The molecule has 0 bridgehead atoms. The topological polar surface area (TPSA) is 0 Å². The van der Waals surface area contributed by atoms with Crippen LogP contribution in [0.4, 0.5) is 0 Å². The lowest BCUT2D eigenvalue weighted by Gasteiger charge is -2.32. The molecule has 3 aliphatic carbocycles. The highest BCUT2D eigenvalue weighted by Gasteiger charge is 2.37. The number of hydrogen-bond donors (Lipinski definition) is 0. The average molecular weight is 264 g/mol. The molecule has 0 heteroatoms. The van der Waals surface area contributed by atoms with Crippen LogP contribution in [0.5, 0.6) is 0 Å². The minimum absolute atomic E-state index is 0.648. The Kier molecular flexibility index (Phi) is 3.26. The summed E-state index contributed by atoms with van der Waals surface area (Å²) in [5.41, 5.74) is 3.15. The molecule has 0 spiro atoms. The van der Waals surface area contributed by atoms with Crippen LogP contribution in [0.15, 0.2) is 54.1 Å². The quantitative estimate of drug-likeness (QED) is 0.678. The van der Waals surface area contributed by atoms with Crippen molar-refractivity contribution in [2.24, 2.45) is 17.8 Å². The minimum Gasteiger partial charge on any atom is -0.0805 e. The maximum atomic E-state index is 2.59. The van der Waals surface area contributed by atoms with Gasteiger partial charge in [-0.05, 0) is 48.2 Å². The van der Waals surface area contributed by atoms with Crippen molar-refractivity contribution < 1.29 is 0 Å². The molecule has 3 atom stereocenters. The number of fused-ring (bicyclic) bond motifs is 1. The lowest BCUT2D eigenvalue weighted by molar-refractivity contribution is 0.326. The van der Waals surface area contributed by atoms with Gasteiger partial charge in [-0.15, -0.1) is 0 Å². The maximum absolute atomic E-state index is 2.59. The van der Waals surface area contributed by atoms with Gasteiger partial charge in [0, 0.05) is 5.92 Å². The van der Waals surface area contributed by atoms with Gasteiger partial charge >= 0.3 is 0 Å². The first kappa shape index (κ1) is 12.4. The van der Waals surface area contributed by atoms with E-state index in [1.54, 1.807) is 5.57 Å². The third-order valence-corrected chi connectivity index (χ3v) is 5.47. The van der Waals surface area contributed by atoms with Gasteiger partial charge < -0.3 is 0 Å². The van der Waals surface area contributed by atoms with Crippen LogP contribution < -0.4 is 0 Å². The molecule has 3 aliphatic rings. The van der Waals surface area contributed by atoms with Gasteiger partial charge in [0.05, 0.1) is 0 Å². The zero-order chi connectivity index (χ0) is 13.4. The summed E-state index contributed by atoms with van der Waals surface area (Å²) in [5.74, 6) is 3.25. The van der Waals surface area contributed by atoms with E-state index in [1.807, 2.05) is 0 Å². The van der Waals surface area contributed by atoms with Crippen molar-refractivity contribution >= 4 is 0 Å². The molecule has 4 rings (SSSR count). The fraction of sp³-hybridized carbons (Fsp3) is 0.500. The van der Waals surface area contributed by atoms with Crippen LogP contribution in [0.25, 0.3) is 0 Å². The van der Waals surface area contributed by atoms with Gasteiger partial charge in [0.25, 0.3) is 0 Å². The molecule has 0 aliphatic heterocycles. The van der Waals surface area contributed by atoms with E-state index in [4.69, 9.17) is 0 Å². The molecule has 1 aromatic rings. The summed E-state index contributed by atoms with van der Waals surface area (Å²) in [6, 6.07) is 11.2. The van der Waals surface area contributed by atoms with Crippen LogP contribution >= 0.6 is 0 Å². The molecule has 104 valence electrons. The van der Waals surface area contributed by atoms with Crippen LogP contribution in [-0.4, -0.2) is 0 Å². The van der Waals surface area contributed by atoms with E-state index in [2.05, 4.69) is 48.6 Å². The fourth-order valence-corrected chi connectivity index (χ4v) is 4.26. The van der Waals surface area contributed by atoms with E-state index in [0.29, 0.717) is 5.92 Å². The molecule has 3 unspecified atom stereocenters. The summed E-state index contributed by atoms with van der Waals surface area (Å²) in [6.45, 7) is 0. The van der Waals surface area contributed by atoms with E-state index in [1.165, 1.54) is 44.1 Å². The van der Waals surface area contributed by atoms with Crippen molar-refractivity contribution in [2.45, 2.75) is 44.4 Å². The van der Waals surface area contributed by atoms with Crippen molar-refractivity contribution in [3.8, 4) is 0 Å². The molecule has 0 heterocycles. The maximum Gasteiger partial charge on any atom is 0.0114 e. The van der Waals surface area contributed by atoms with Gasteiger partial charge in [0.1, 0.15) is 0 Å². The summed E-state index contributed by atoms with van der Waals surface area (Å²) >= 11 is 0. The summed E-state index contributed by atoms with van der Waals surface area (Å²) in [7, 11) is 0. The van der Waals surface area contributed by atoms with E-state index in [-0.39, 0.29) is 0 Å². The molecule has 0 N–H and O–H groups in total. The zero-order valence-corrected chi connectivity index (χ0v) is 12.2. The SMILES string of the molecule is C1=CC2CC2C=C1C(c1ccccc1)C1CCCCC1. The average Bonchev–Trinajstić information content (AvgIpc) is 3.28. The molecule has 2 fully saturated rings. The summed E-state index contributed by atoms with van der Waals surface area (Å²) in [6.07, 6.45) is 16.0. The fourth-order valence-electron chi connectivity index (χ4n) is 4.26. The lowest BCUT2D eigenvalue weighted by atomic mass is 9.72. The second-order valence-corrected chi connectivity index (χ2v) is 6.88. The van der Waals surface area contributed by atoms with Gasteiger partial charge in [0.15, 0.2) is 0 Å². The monoisotopic (exact) mass is 264 g/mol. The molecule has 0 nitrogen and oxygen atoms in total. The predicted molar refractivity (Wildman–Crippen MR) is 84.6 cm³/mol. The smallest absolute Gasteiger partial charge is 0.0114 e. The largest absolute Gasteiger partial charge is 0.0805 e. The Hall–Kier alpha value is -1.30. The van der Waals surface area contributed by atoms with Crippen LogP contribution in [0.3, 0.4) is 0 Å². The Morgan fingerprint density at radius 2 is 1.70 bits per heavy atom. The standard InChI is InChI=1S/C20H24/c1-3-7-15(8-4-1)20(16-9-5-2-6-10-16)18-12-11-17-13-19(17)14-18/h1,3-4,7-8,11-12,14,16-17,19-20H,2,5-6,9-10,13H2. The summed E-state index contributed by atoms with van der Waals surface area (Å²) < 4.78 is 0. The van der Waals surface area contributed by atoms with Gasteiger partial charge in [-0.2, -0.15) is 0 Å². The van der Waals surface area contributed by atoms with E-state index in [0.717, 1.165) is 17.8 Å². The molecule has 0 radical (unpaired) electrons. The molecule has 0 amide bonds. The second kappa shape index (κ2) is 5.24. The highest BCUT2D eigenvalue weighted by molar-refractivity contribution is 5.40. The first-order valence-electron chi connectivity index (χ1n) is 8.37. The molecule has 0 aromatic heterocycles. The predicted octanol–water partition coefficient (Wildman–Crippen LogP) is 5.48. The van der Waals surface area contributed by atoms with Gasteiger partial charge in [-0.25, -0.2) is 0 Å². The van der Waals surface area contributed by atoms with Gasteiger partial charge in [-0.1, -0.05) is 67.8 Å². The highest BCUT2D eigenvalue weighted by Crippen LogP contribution is 2.49. The van der Waals surface area contributed by atoms with Crippen LogP contribution in [-0.2, 0) is 0 Å². The molecular weight excluding hydrogens is 240 g/mol. The van der Waals surface area contributed by atoms with Gasteiger partial charge in [0.2, 0.25) is 0 Å². The van der Waals surface area contributed by atoms with E-state index in [9.17, 15) is 0 Å². The van der Waals surface area contributed by atoms with Crippen LogP contribution in [0.1, 0.15) is 50.0 Å². The molecule has 0 saturated heterocycles.